The second-order valence-electron chi connectivity index (χ2n) is 9.16. The molecule has 12 heteroatoms. The van der Waals surface area contributed by atoms with Gasteiger partial charge in [-0.2, -0.15) is 0 Å². The number of nitrogens with one attached hydrogen (secondary N) is 3. The lowest BCUT2D eigenvalue weighted by molar-refractivity contribution is -0.115. The predicted octanol–water partition coefficient (Wildman–Crippen LogP) is 4.34. The Hall–Kier alpha value is -3.44. The number of carbonyl (C=O) groups is 2. The van der Waals surface area contributed by atoms with Gasteiger partial charge in [-0.1, -0.05) is 48.8 Å². The van der Waals surface area contributed by atoms with Gasteiger partial charge in [-0.15, -0.1) is 0 Å². The highest BCUT2D eigenvalue weighted by Gasteiger charge is 2.26. The fourth-order valence-corrected chi connectivity index (χ4v) is 4.93. The first-order valence-electron chi connectivity index (χ1n) is 12.7. The van der Waals surface area contributed by atoms with Gasteiger partial charge in [0.2, 0.25) is 5.91 Å². The van der Waals surface area contributed by atoms with Crippen molar-refractivity contribution in [2.24, 2.45) is 0 Å². The minimum atomic E-state index is -0.476. The van der Waals surface area contributed by atoms with E-state index in [-0.39, 0.29) is 11.9 Å². The zero-order valence-corrected chi connectivity index (χ0v) is 23.5. The maximum atomic E-state index is 12.9. The fraction of sp³-hybridized carbons (Fsp3) is 0.333. The van der Waals surface area contributed by atoms with Crippen LogP contribution in [0.3, 0.4) is 0 Å². The number of nitrogens with zero attached hydrogens (tertiary/aromatic N) is 5. The van der Waals surface area contributed by atoms with Crippen LogP contribution in [0.1, 0.15) is 13.3 Å². The van der Waals surface area contributed by atoms with E-state index in [0.29, 0.717) is 39.5 Å². The Morgan fingerprint density at radius 2 is 1.87 bits per heavy atom. The van der Waals surface area contributed by atoms with Gasteiger partial charge in [0, 0.05) is 57.5 Å². The number of halogens is 2. The maximum absolute atomic E-state index is 12.9. The number of aromatic nitrogens is 2. The number of carbonyl (C=O) groups excluding carboxylic acids is 2. The molecule has 1 saturated heterocycles. The molecule has 1 aromatic heterocycles. The summed E-state index contributed by atoms with van der Waals surface area (Å²) in [5.74, 6) is 0.513. The number of amides is 3. The minimum Gasteiger partial charge on any atom is -0.339 e. The molecule has 1 aliphatic heterocycles. The molecule has 0 radical (unpaired) electrons. The molecule has 2 aromatic rings. The Balaban J connectivity index is 1.49. The number of likely N-dealkylation sites (N-methyl/N-ethyl adjacent to an activating group) is 1. The van der Waals surface area contributed by atoms with E-state index in [1.54, 1.807) is 31.3 Å². The summed E-state index contributed by atoms with van der Waals surface area (Å²) < 4.78 is 0. The molecule has 0 bridgehead atoms. The van der Waals surface area contributed by atoms with E-state index in [9.17, 15) is 9.59 Å². The molecule has 2 aliphatic rings. The molecule has 206 valence electrons. The molecule has 1 aliphatic carbocycles. The third-order valence-electron chi connectivity index (χ3n) is 6.76. The van der Waals surface area contributed by atoms with Crippen LogP contribution in [0, 0.1) is 0 Å². The highest BCUT2D eigenvalue weighted by molar-refractivity contribution is 6.39. The topological polar surface area (TPSA) is 106 Å². The first-order valence-corrected chi connectivity index (χ1v) is 13.4. The first kappa shape index (κ1) is 28.6. The number of hydrogen-bond acceptors (Lipinski definition) is 7. The van der Waals surface area contributed by atoms with Crippen molar-refractivity contribution in [3.8, 4) is 0 Å². The minimum absolute atomic E-state index is 0.169. The van der Waals surface area contributed by atoms with Crippen LogP contribution in [0.5, 0.6) is 0 Å². The standard InChI is InChI=1S/C27H32Cl2N8O2/c1-4-25(38)33-22-15-18(37-13-11-36(5-2)12-14-37)9-10-21(22)32-23-16-24(31-17-30-23)35(3)27(39)34-26-19(28)7-6-8-20(26)29/h4,6-10,16-18H,1,5,11-15H2,2-3H3,(H,33,38)(H,34,39)(H,30,31,32). The van der Waals surface area contributed by atoms with Crippen LogP contribution in [0.4, 0.5) is 22.1 Å². The van der Waals surface area contributed by atoms with E-state index in [1.807, 2.05) is 6.08 Å². The zero-order chi connectivity index (χ0) is 27.9. The highest BCUT2D eigenvalue weighted by Crippen LogP contribution is 2.30. The molecule has 3 amide bonds. The summed E-state index contributed by atoms with van der Waals surface area (Å²) in [6.45, 7) is 10.8. The van der Waals surface area contributed by atoms with E-state index >= 15 is 0 Å². The summed E-state index contributed by atoms with van der Waals surface area (Å²) in [5.41, 5.74) is 1.76. The monoisotopic (exact) mass is 570 g/mol. The van der Waals surface area contributed by atoms with Gasteiger partial charge in [0.05, 0.1) is 21.4 Å². The van der Waals surface area contributed by atoms with Crippen molar-refractivity contribution in [3.05, 3.63) is 76.8 Å². The van der Waals surface area contributed by atoms with E-state index in [2.05, 4.69) is 55.3 Å². The number of piperazine rings is 1. The summed E-state index contributed by atoms with van der Waals surface area (Å²) in [5, 5.41) is 9.58. The summed E-state index contributed by atoms with van der Waals surface area (Å²) in [6.07, 6.45) is 7.33. The molecule has 1 aromatic carbocycles. The number of anilines is 3. The third kappa shape index (κ3) is 7.15. The van der Waals surface area contributed by atoms with Crippen LogP contribution in [-0.2, 0) is 4.79 Å². The third-order valence-corrected chi connectivity index (χ3v) is 7.39. The molecule has 0 spiro atoms. The molecule has 1 atom stereocenters. The van der Waals surface area contributed by atoms with Gasteiger partial charge in [0.15, 0.2) is 0 Å². The van der Waals surface area contributed by atoms with Crippen molar-refractivity contribution >= 4 is 52.5 Å². The lowest BCUT2D eigenvalue weighted by atomic mass is 10.0. The number of allylic oxidation sites excluding steroid dienone is 1. The van der Waals surface area contributed by atoms with Gasteiger partial charge in [0.25, 0.3) is 0 Å². The van der Waals surface area contributed by atoms with Gasteiger partial charge >= 0.3 is 6.03 Å². The maximum Gasteiger partial charge on any atom is 0.327 e. The van der Waals surface area contributed by atoms with Crippen LogP contribution in [0.2, 0.25) is 10.0 Å². The lowest BCUT2D eigenvalue weighted by Gasteiger charge is -2.39. The first-order chi connectivity index (χ1) is 18.8. The largest absolute Gasteiger partial charge is 0.339 e. The van der Waals surface area contributed by atoms with Crippen molar-refractivity contribution in [1.82, 2.24) is 25.1 Å². The molecular formula is C27H32Cl2N8O2. The quantitative estimate of drug-likeness (QED) is 0.405. The number of urea groups is 1. The Morgan fingerprint density at radius 1 is 1.15 bits per heavy atom. The molecule has 0 saturated carbocycles. The second kappa shape index (κ2) is 13.1. The molecule has 39 heavy (non-hydrogen) atoms. The summed E-state index contributed by atoms with van der Waals surface area (Å²) in [6, 6.07) is 6.30. The smallest absolute Gasteiger partial charge is 0.327 e. The van der Waals surface area contributed by atoms with Crippen LogP contribution < -0.4 is 20.9 Å². The van der Waals surface area contributed by atoms with Crippen LogP contribution >= 0.6 is 23.2 Å². The molecule has 3 N–H and O–H groups in total. The second-order valence-corrected chi connectivity index (χ2v) is 9.97. The summed E-state index contributed by atoms with van der Waals surface area (Å²) in [7, 11) is 1.57. The molecule has 10 nitrogen and oxygen atoms in total. The molecule has 1 fully saturated rings. The summed E-state index contributed by atoms with van der Waals surface area (Å²) >= 11 is 12.4. The number of benzene rings is 1. The predicted molar refractivity (Wildman–Crippen MR) is 156 cm³/mol. The molecule has 1 unspecified atom stereocenters. The van der Waals surface area contributed by atoms with E-state index < -0.39 is 6.03 Å². The SMILES string of the molecule is C=CC(=O)NC1=C(Nc2cc(N(C)C(=O)Nc3c(Cl)cccc3Cl)ncn2)C=CC(N2CCN(CC)CC2)C1. The van der Waals surface area contributed by atoms with Crippen molar-refractivity contribution in [2.75, 3.05) is 55.3 Å². The van der Waals surface area contributed by atoms with Crippen molar-refractivity contribution in [2.45, 2.75) is 19.4 Å². The van der Waals surface area contributed by atoms with Crippen LogP contribution in [0.25, 0.3) is 0 Å². The molecular weight excluding hydrogens is 539 g/mol. The molecule has 4 rings (SSSR count). The van der Waals surface area contributed by atoms with Crippen molar-refractivity contribution in [1.29, 1.82) is 0 Å². The summed E-state index contributed by atoms with van der Waals surface area (Å²) in [4.78, 5) is 39.8. The van der Waals surface area contributed by atoms with Crippen molar-refractivity contribution in [3.63, 3.8) is 0 Å². The number of para-hydroxylation sites is 1. The highest BCUT2D eigenvalue weighted by atomic mass is 35.5. The van der Waals surface area contributed by atoms with Gasteiger partial charge in [-0.05, 0) is 30.8 Å². The Morgan fingerprint density at radius 3 is 2.54 bits per heavy atom. The van der Waals surface area contributed by atoms with Gasteiger partial charge in [0.1, 0.15) is 18.0 Å². The number of hydrogen-bond donors (Lipinski definition) is 3. The fourth-order valence-electron chi connectivity index (χ4n) is 4.44. The average molecular weight is 572 g/mol. The normalized spacial score (nSPS) is 18.0. The zero-order valence-electron chi connectivity index (χ0n) is 22.0. The van der Waals surface area contributed by atoms with E-state index in [1.165, 1.54) is 17.3 Å². The van der Waals surface area contributed by atoms with Gasteiger partial charge in [-0.25, -0.2) is 14.8 Å². The van der Waals surface area contributed by atoms with Gasteiger partial charge in [-0.3, -0.25) is 14.6 Å². The number of rotatable bonds is 8. The Bertz CT molecular complexity index is 1270. The molecule has 2 heterocycles. The van der Waals surface area contributed by atoms with Crippen molar-refractivity contribution < 1.29 is 9.59 Å². The van der Waals surface area contributed by atoms with E-state index in [4.69, 9.17) is 23.2 Å². The van der Waals surface area contributed by atoms with E-state index in [0.717, 1.165) is 38.4 Å². The van der Waals surface area contributed by atoms with Gasteiger partial charge < -0.3 is 20.9 Å². The lowest BCUT2D eigenvalue weighted by Crippen LogP contribution is -2.50. The Labute approximate surface area is 238 Å². The van der Waals surface area contributed by atoms with Crippen LogP contribution in [-0.4, -0.2) is 77.5 Å². The van der Waals surface area contributed by atoms with Crippen LogP contribution in [0.15, 0.2) is 66.8 Å². The average Bonchev–Trinajstić information content (AvgIpc) is 2.95. The Kier molecular flexibility index (Phi) is 9.58.